The summed E-state index contributed by atoms with van der Waals surface area (Å²) in [4.78, 5) is 12.2. The summed E-state index contributed by atoms with van der Waals surface area (Å²) in [7, 11) is 0. The van der Waals surface area contributed by atoms with Crippen molar-refractivity contribution in [1.82, 2.24) is 5.32 Å². The zero-order valence-electron chi connectivity index (χ0n) is 12.0. The van der Waals surface area contributed by atoms with Gasteiger partial charge < -0.3 is 21.0 Å². The number of carbonyl (C=O) groups excluding carboxylic acids is 1. The van der Waals surface area contributed by atoms with Gasteiger partial charge in [-0.25, -0.2) is 0 Å². The largest absolute Gasteiger partial charge is 0.409 e. The topological polar surface area (TPSA) is 96.9 Å². The van der Waals surface area contributed by atoms with Crippen molar-refractivity contribution in [3.05, 3.63) is 0 Å². The maximum absolute atomic E-state index is 12.2. The molecule has 6 nitrogen and oxygen atoms in total. The normalized spacial score (nSPS) is 27.0. The van der Waals surface area contributed by atoms with Gasteiger partial charge in [-0.1, -0.05) is 19.0 Å². The van der Waals surface area contributed by atoms with Crippen molar-refractivity contribution >= 4 is 11.7 Å². The number of amidine groups is 1. The molecular formula is C13H25N3O3. The minimum atomic E-state index is -0.962. The number of rotatable bonds is 6. The van der Waals surface area contributed by atoms with Crippen LogP contribution in [0.25, 0.3) is 0 Å². The van der Waals surface area contributed by atoms with E-state index in [1.807, 2.05) is 6.92 Å². The van der Waals surface area contributed by atoms with E-state index in [0.717, 1.165) is 19.4 Å². The third-order valence-electron chi connectivity index (χ3n) is 4.15. The lowest BCUT2D eigenvalue weighted by Gasteiger charge is -2.26. The van der Waals surface area contributed by atoms with Crippen molar-refractivity contribution in [2.75, 3.05) is 13.2 Å². The lowest BCUT2D eigenvalue weighted by molar-refractivity contribution is -0.127. The summed E-state index contributed by atoms with van der Waals surface area (Å²) in [5.41, 5.74) is 4.65. The Morgan fingerprint density at radius 1 is 1.58 bits per heavy atom. The minimum absolute atomic E-state index is 0.0535. The van der Waals surface area contributed by atoms with E-state index in [2.05, 4.69) is 17.4 Å². The highest BCUT2D eigenvalue weighted by atomic mass is 16.5. The van der Waals surface area contributed by atoms with Gasteiger partial charge in [0.15, 0.2) is 5.84 Å². The lowest BCUT2D eigenvalue weighted by atomic mass is 9.85. The number of nitrogens with two attached hydrogens (primary N) is 1. The zero-order chi connectivity index (χ0) is 14.5. The third-order valence-corrected chi connectivity index (χ3v) is 4.15. The van der Waals surface area contributed by atoms with Crippen LogP contribution in [0.4, 0.5) is 0 Å². The van der Waals surface area contributed by atoms with E-state index in [4.69, 9.17) is 15.7 Å². The standard InChI is InChI=1S/C13H25N3O3/c1-4-10-9(6-7-19-10)8-15-12(17)13(3,5-2)11(14)16-18/h9-10,18H,4-8H2,1-3H3,(H2,14,16)(H,15,17). The molecule has 1 heterocycles. The van der Waals surface area contributed by atoms with E-state index in [1.165, 1.54) is 0 Å². The summed E-state index contributed by atoms with van der Waals surface area (Å²) in [6.45, 7) is 6.93. The monoisotopic (exact) mass is 271 g/mol. The highest BCUT2D eigenvalue weighted by Crippen LogP contribution is 2.24. The second-order valence-corrected chi connectivity index (χ2v) is 5.25. The van der Waals surface area contributed by atoms with Gasteiger partial charge in [0, 0.05) is 19.1 Å². The van der Waals surface area contributed by atoms with Crippen LogP contribution in [0.1, 0.15) is 40.0 Å². The second-order valence-electron chi connectivity index (χ2n) is 5.25. The molecular weight excluding hydrogens is 246 g/mol. The minimum Gasteiger partial charge on any atom is -0.409 e. The molecule has 1 amide bonds. The van der Waals surface area contributed by atoms with Crippen LogP contribution in [0, 0.1) is 11.3 Å². The van der Waals surface area contributed by atoms with Crippen LogP contribution in [-0.4, -0.2) is 36.2 Å². The summed E-state index contributed by atoms with van der Waals surface area (Å²) in [5.74, 6) is 0.0941. The molecule has 1 rings (SSSR count). The number of amides is 1. The van der Waals surface area contributed by atoms with Gasteiger partial charge in [0.2, 0.25) is 5.91 Å². The summed E-state index contributed by atoms with van der Waals surface area (Å²) in [6, 6.07) is 0. The quantitative estimate of drug-likeness (QED) is 0.291. The summed E-state index contributed by atoms with van der Waals surface area (Å²) < 4.78 is 5.59. The molecule has 1 aliphatic rings. The number of nitrogens with one attached hydrogen (secondary N) is 1. The predicted molar refractivity (Wildman–Crippen MR) is 73.0 cm³/mol. The number of nitrogens with zero attached hydrogens (tertiary/aromatic N) is 1. The van der Waals surface area contributed by atoms with E-state index in [-0.39, 0.29) is 17.8 Å². The first-order valence-electron chi connectivity index (χ1n) is 6.87. The first kappa shape index (κ1) is 15.8. The van der Waals surface area contributed by atoms with E-state index in [9.17, 15) is 4.79 Å². The Labute approximate surface area is 114 Å². The van der Waals surface area contributed by atoms with Gasteiger partial charge in [0.25, 0.3) is 0 Å². The van der Waals surface area contributed by atoms with Crippen molar-refractivity contribution in [3.8, 4) is 0 Å². The molecule has 0 radical (unpaired) electrons. The molecule has 0 saturated carbocycles. The number of oxime groups is 1. The van der Waals surface area contributed by atoms with Crippen molar-refractivity contribution < 1.29 is 14.7 Å². The third kappa shape index (κ3) is 3.37. The molecule has 3 atom stereocenters. The highest BCUT2D eigenvalue weighted by Gasteiger charge is 2.37. The average Bonchev–Trinajstić information content (AvgIpc) is 2.90. The predicted octanol–water partition coefficient (Wildman–Crippen LogP) is 1.08. The fourth-order valence-electron chi connectivity index (χ4n) is 2.36. The molecule has 1 saturated heterocycles. The van der Waals surface area contributed by atoms with E-state index in [1.54, 1.807) is 6.92 Å². The van der Waals surface area contributed by atoms with E-state index in [0.29, 0.717) is 18.9 Å². The molecule has 0 aromatic rings. The summed E-state index contributed by atoms with van der Waals surface area (Å²) in [6.07, 6.45) is 2.61. The fraction of sp³-hybridized carbons (Fsp3) is 0.846. The molecule has 0 aromatic carbocycles. The van der Waals surface area contributed by atoms with Gasteiger partial charge in [-0.3, -0.25) is 4.79 Å². The molecule has 19 heavy (non-hydrogen) atoms. The van der Waals surface area contributed by atoms with Gasteiger partial charge >= 0.3 is 0 Å². The first-order chi connectivity index (χ1) is 8.99. The maximum atomic E-state index is 12.2. The SMILES string of the molecule is CCC1OCCC1CNC(=O)C(C)(CC)C(N)=NO. The van der Waals surface area contributed by atoms with Crippen LogP contribution in [0.2, 0.25) is 0 Å². The Hall–Kier alpha value is -1.30. The van der Waals surface area contributed by atoms with Gasteiger partial charge in [0.05, 0.1) is 6.10 Å². The molecule has 0 bridgehead atoms. The molecule has 4 N–H and O–H groups in total. The summed E-state index contributed by atoms with van der Waals surface area (Å²) >= 11 is 0. The zero-order valence-corrected chi connectivity index (χ0v) is 12.0. The molecule has 6 heteroatoms. The number of carbonyl (C=O) groups is 1. The van der Waals surface area contributed by atoms with Crippen molar-refractivity contribution in [3.63, 3.8) is 0 Å². The molecule has 1 aliphatic heterocycles. The lowest BCUT2D eigenvalue weighted by Crippen LogP contribution is -2.49. The van der Waals surface area contributed by atoms with Gasteiger partial charge in [-0.15, -0.1) is 0 Å². The molecule has 0 aliphatic carbocycles. The molecule has 3 unspecified atom stereocenters. The Balaban J connectivity index is 2.59. The molecule has 110 valence electrons. The van der Waals surface area contributed by atoms with Gasteiger partial charge in [-0.2, -0.15) is 0 Å². The Morgan fingerprint density at radius 2 is 2.26 bits per heavy atom. The smallest absolute Gasteiger partial charge is 0.233 e. The van der Waals surface area contributed by atoms with Crippen LogP contribution in [-0.2, 0) is 9.53 Å². The van der Waals surface area contributed by atoms with Crippen LogP contribution in [0.15, 0.2) is 5.16 Å². The molecule has 1 fully saturated rings. The molecule has 0 aromatic heterocycles. The van der Waals surface area contributed by atoms with Crippen LogP contribution < -0.4 is 11.1 Å². The average molecular weight is 271 g/mol. The van der Waals surface area contributed by atoms with Crippen LogP contribution in [0.5, 0.6) is 0 Å². The van der Waals surface area contributed by atoms with Gasteiger partial charge in [-0.05, 0) is 26.2 Å². The van der Waals surface area contributed by atoms with Gasteiger partial charge in [0.1, 0.15) is 5.41 Å². The fourth-order valence-corrected chi connectivity index (χ4v) is 2.36. The summed E-state index contributed by atoms with van der Waals surface area (Å²) in [5, 5.41) is 14.7. The number of hydrogen-bond donors (Lipinski definition) is 3. The Morgan fingerprint density at radius 3 is 2.79 bits per heavy atom. The highest BCUT2D eigenvalue weighted by molar-refractivity contribution is 6.06. The number of hydrogen-bond acceptors (Lipinski definition) is 4. The van der Waals surface area contributed by atoms with E-state index >= 15 is 0 Å². The van der Waals surface area contributed by atoms with Crippen molar-refractivity contribution in [2.45, 2.75) is 46.1 Å². The maximum Gasteiger partial charge on any atom is 0.233 e. The van der Waals surface area contributed by atoms with Crippen LogP contribution >= 0.6 is 0 Å². The number of ether oxygens (including phenoxy) is 1. The Kier molecular flexibility index (Phi) is 5.60. The molecule has 0 spiro atoms. The Bertz CT molecular complexity index is 346. The second kappa shape index (κ2) is 6.75. The van der Waals surface area contributed by atoms with Crippen LogP contribution in [0.3, 0.4) is 0 Å². The van der Waals surface area contributed by atoms with E-state index < -0.39 is 5.41 Å². The van der Waals surface area contributed by atoms with Crippen molar-refractivity contribution in [1.29, 1.82) is 0 Å². The van der Waals surface area contributed by atoms with Crippen molar-refractivity contribution in [2.24, 2.45) is 22.2 Å². The first-order valence-corrected chi connectivity index (χ1v) is 6.87.